The Bertz CT molecular complexity index is 473. The molecule has 0 heterocycles. The molecule has 0 bridgehead atoms. The number of methoxy groups -OCH3 is 2. The van der Waals surface area contributed by atoms with Gasteiger partial charge in [-0.05, 0) is 44.4 Å². The SMILES string of the molecule is COC(=O)C(CN)(CCC(C)(C)OC)c1ccc(F)cc1. The van der Waals surface area contributed by atoms with Crippen LogP contribution in [0.5, 0.6) is 0 Å². The monoisotopic (exact) mass is 297 g/mol. The maximum Gasteiger partial charge on any atom is 0.317 e. The fraction of sp³-hybridized carbons (Fsp3) is 0.562. The van der Waals surface area contributed by atoms with Crippen molar-refractivity contribution in [2.24, 2.45) is 5.73 Å². The number of ether oxygens (including phenoxy) is 2. The highest BCUT2D eigenvalue weighted by Gasteiger charge is 2.41. The minimum Gasteiger partial charge on any atom is -0.468 e. The molecule has 1 rings (SSSR count). The van der Waals surface area contributed by atoms with Gasteiger partial charge in [-0.1, -0.05) is 12.1 Å². The summed E-state index contributed by atoms with van der Waals surface area (Å²) in [4.78, 5) is 12.3. The predicted octanol–water partition coefficient (Wildman–Crippen LogP) is 2.40. The maximum absolute atomic E-state index is 13.1. The van der Waals surface area contributed by atoms with Crippen LogP contribution in [-0.4, -0.2) is 32.3 Å². The lowest BCUT2D eigenvalue weighted by Crippen LogP contribution is -2.45. The zero-order valence-corrected chi connectivity index (χ0v) is 13.1. The van der Waals surface area contributed by atoms with Crippen molar-refractivity contribution in [1.82, 2.24) is 0 Å². The van der Waals surface area contributed by atoms with Crippen molar-refractivity contribution < 1.29 is 18.7 Å². The van der Waals surface area contributed by atoms with Crippen LogP contribution in [0.15, 0.2) is 24.3 Å². The van der Waals surface area contributed by atoms with Gasteiger partial charge in [-0.3, -0.25) is 4.79 Å². The molecule has 1 atom stereocenters. The third-order valence-corrected chi connectivity index (χ3v) is 4.03. The van der Waals surface area contributed by atoms with Gasteiger partial charge in [0.2, 0.25) is 0 Å². The first-order chi connectivity index (χ1) is 9.81. The Labute approximate surface area is 125 Å². The lowest BCUT2D eigenvalue weighted by Gasteiger charge is -2.33. The zero-order valence-electron chi connectivity index (χ0n) is 13.1. The molecular formula is C16H24FNO3. The number of rotatable bonds is 7. The average Bonchev–Trinajstić information content (AvgIpc) is 2.49. The van der Waals surface area contributed by atoms with E-state index in [1.165, 1.54) is 19.2 Å². The highest BCUT2D eigenvalue weighted by atomic mass is 19.1. The van der Waals surface area contributed by atoms with Crippen molar-refractivity contribution >= 4 is 5.97 Å². The van der Waals surface area contributed by atoms with Crippen molar-refractivity contribution in [3.63, 3.8) is 0 Å². The fourth-order valence-corrected chi connectivity index (χ4v) is 2.25. The minimum absolute atomic E-state index is 0.0884. The van der Waals surface area contributed by atoms with E-state index >= 15 is 0 Å². The van der Waals surface area contributed by atoms with E-state index in [2.05, 4.69) is 0 Å². The Kier molecular flexibility index (Phi) is 5.87. The van der Waals surface area contributed by atoms with Gasteiger partial charge in [0.05, 0.1) is 12.7 Å². The zero-order chi connectivity index (χ0) is 16.1. The molecule has 1 unspecified atom stereocenters. The van der Waals surface area contributed by atoms with E-state index in [0.717, 1.165) is 0 Å². The van der Waals surface area contributed by atoms with Crippen molar-refractivity contribution in [3.05, 3.63) is 35.6 Å². The fourth-order valence-electron chi connectivity index (χ4n) is 2.25. The van der Waals surface area contributed by atoms with Gasteiger partial charge in [-0.15, -0.1) is 0 Å². The van der Waals surface area contributed by atoms with Gasteiger partial charge in [-0.2, -0.15) is 0 Å². The Balaban J connectivity index is 3.16. The van der Waals surface area contributed by atoms with Gasteiger partial charge in [0.1, 0.15) is 11.2 Å². The topological polar surface area (TPSA) is 61.5 Å². The Hall–Kier alpha value is -1.46. The van der Waals surface area contributed by atoms with Crippen molar-refractivity contribution in [2.75, 3.05) is 20.8 Å². The van der Waals surface area contributed by atoms with E-state index in [1.807, 2.05) is 13.8 Å². The van der Waals surface area contributed by atoms with Gasteiger partial charge >= 0.3 is 5.97 Å². The summed E-state index contributed by atoms with van der Waals surface area (Å²) in [6.07, 6.45) is 1.08. The number of nitrogens with two attached hydrogens (primary N) is 1. The van der Waals surface area contributed by atoms with Crippen LogP contribution in [0.1, 0.15) is 32.3 Å². The minimum atomic E-state index is -0.988. The standard InChI is InChI=1S/C16H24FNO3/c1-15(2,21-4)9-10-16(11-18,14(19)20-3)12-5-7-13(17)8-6-12/h5-8H,9-11,18H2,1-4H3. The van der Waals surface area contributed by atoms with Gasteiger partial charge < -0.3 is 15.2 Å². The lowest BCUT2D eigenvalue weighted by atomic mass is 9.74. The molecule has 5 heteroatoms. The molecular weight excluding hydrogens is 273 g/mol. The molecule has 0 saturated heterocycles. The number of carbonyl (C=O) groups is 1. The summed E-state index contributed by atoms with van der Waals surface area (Å²) in [6, 6.07) is 5.81. The second-order valence-corrected chi connectivity index (χ2v) is 5.75. The molecule has 118 valence electrons. The number of hydrogen-bond donors (Lipinski definition) is 1. The average molecular weight is 297 g/mol. The van der Waals surface area contributed by atoms with Crippen LogP contribution in [0.4, 0.5) is 4.39 Å². The quantitative estimate of drug-likeness (QED) is 0.785. The largest absolute Gasteiger partial charge is 0.468 e. The van der Waals surface area contributed by atoms with Gasteiger partial charge in [0.15, 0.2) is 0 Å². The predicted molar refractivity (Wildman–Crippen MR) is 79.5 cm³/mol. The normalized spacial score (nSPS) is 14.6. The molecule has 0 aliphatic carbocycles. The van der Waals surface area contributed by atoms with Crippen LogP contribution in [0.25, 0.3) is 0 Å². The van der Waals surface area contributed by atoms with Crippen LogP contribution >= 0.6 is 0 Å². The number of halogens is 1. The third kappa shape index (κ3) is 4.02. The van der Waals surface area contributed by atoms with E-state index in [4.69, 9.17) is 15.2 Å². The van der Waals surface area contributed by atoms with Gasteiger partial charge in [0.25, 0.3) is 0 Å². The summed E-state index contributed by atoms with van der Waals surface area (Å²) in [5.41, 5.74) is 5.18. The first kappa shape index (κ1) is 17.6. The number of benzene rings is 1. The number of carbonyl (C=O) groups excluding carboxylic acids is 1. The Morgan fingerprint density at radius 1 is 1.19 bits per heavy atom. The molecule has 0 aromatic heterocycles. The van der Waals surface area contributed by atoms with E-state index in [1.54, 1.807) is 19.2 Å². The number of esters is 1. The van der Waals surface area contributed by atoms with Crippen molar-refractivity contribution in [2.45, 2.75) is 37.7 Å². The molecule has 1 aromatic rings. The first-order valence-electron chi connectivity index (χ1n) is 6.91. The molecule has 4 nitrogen and oxygen atoms in total. The van der Waals surface area contributed by atoms with Gasteiger partial charge in [-0.25, -0.2) is 4.39 Å². The Morgan fingerprint density at radius 3 is 2.19 bits per heavy atom. The summed E-state index contributed by atoms with van der Waals surface area (Å²) in [6.45, 7) is 3.97. The smallest absolute Gasteiger partial charge is 0.317 e. The second-order valence-electron chi connectivity index (χ2n) is 5.75. The summed E-state index contributed by atoms with van der Waals surface area (Å²) in [7, 11) is 2.96. The summed E-state index contributed by atoms with van der Waals surface area (Å²) in [5.74, 6) is -0.768. The summed E-state index contributed by atoms with van der Waals surface area (Å²) < 4.78 is 23.5. The summed E-state index contributed by atoms with van der Waals surface area (Å²) >= 11 is 0. The molecule has 0 aliphatic rings. The van der Waals surface area contributed by atoms with Crippen LogP contribution in [0.2, 0.25) is 0 Å². The maximum atomic E-state index is 13.1. The molecule has 0 radical (unpaired) electrons. The van der Waals surface area contributed by atoms with Crippen LogP contribution in [0.3, 0.4) is 0 Å². The molecule has 21 heavy (non-hydrogen) atoms. The summed E-state index contributed by atoms with van der Waals surface area (Å²) in [5, 5.41) is 0. The number of hydrogen-bond acceptors (Lipinski definition) is 4. The first-order valence-corrected chi connectivity index (χ1v) is 6.91. The van der Waals surface area contributed by atoms with Crippen molar-refractivity contribution in [1.29, 1.82) is 0 Å². The van der Waals surface area contributed by atoms with E-state index in [9.17, 15) is 9.18 Å². The highest BCUT2D eigenvalue weighted by Crippen LogP contribution is 2.33. The lowest BCUT2D eigenvalue weighted by molar-refractivity contribution is -0.148. The third-order valence-electron chi connectivity index (χ3n) is 4.03. The molecule has 0 aliphatic heterocycles. The second kappa shape index (κ2) is 7.00. The van der Waals surface area contributed by atoms with Gasteiger partial charge in [0, 0.05) is 13.7 Å². The van der Waals surface area contributed by atoms with Crippen LogP contribution in [0, 0.1) is 5.82 Å². The van der Waals surface area contributed by atoms with Crippen molar-refractivity contribution in [3.8, 4) is 0 Å². The molecule has 0 amide bonds. The van der Waals surface area contributed by atoms with Crippen LogP contribution in [-0.2, 0) is 19.7 Å². The van der Waals surface area contributed by atoms with E-state index in [-0.39, 0.29) is 18.0 Å². The molecule has 2 N–H and O–H groups in total. The van der Waals surface area contributed by atoms with E-state index in [0.29, 0.717) is 18.4 Å². The molecule has 1 aromatic carbocycles. The van der Waals surface area contributed by atoms with Crippen LogP contribution < -0.4 is 5.73 Å². The van der Waals surface area contributed by atoms with E-state index < -0.39 is 11.4 Å². The molecule has 0 spiro atoms. The highest BCUT2D eigenvalue weighted by molar-refractivity contribution is 5.83. The Morgan fingerprint density at radius 2 is 1.76 bits per heavy atom. The molecule has 0 saturated carbocycles. The molecule has 0 fully saturated rings.